The van der Waals surface area contributed by atoms with Crippen molar-refractivity contribution in [3.05, 3.63) is 223 Å². The van der Waals surface area contributed by atoms with Crippen LogP contribution in [0.5, 0.6) is 0 Å². The minimum atomic E-state index is -0.183. The minimum Gasteiger partial charge on any atom is -0.456 e. The number of hydrogen-bond acceptors (Lipinski definition) is 2. The van der Waals surface area contributed by atoms with Crippen LogP contribution in [0.25, 0.3) is 77.6 Å². The molecule has 0 N–H and O–H groups in total. The second kappa shape index (κ2) is 13.9. The zero-order chi connectivity index (χ0) is 39.5. The summed E-state index contributed by atoms with van der Waals surface area (Å²) < 4.78 is 6.85. The van der Waals surface area contributed by atoms with Crippen LogP contribution in [0.4, 0.5) is 17.1 Å². The first-order valence-electron chi connectivity index (χ1n) is 20.4. The van der Waals surface area contributed by atoms with Crippen molar-refractivity contribution in [2.24, 2.45) is 0 Å². The Balaban J connectivity index is 1.08. The maximum atomic E-state index is 6.85. The molecule has 0 amide bonds. The molecule has 1 heterocycles. The molecule has 2 heteroatoms. The van der Waals surface area contributed by atoms with E-state index >= 15 is 0 Å². The number of benzene rings is 9. The van der Waals surface area contributed by atoms with Gasteiger partial charge >= 0.3 is 0 Å². The molecule has 0 aliphatic heterocycles. The molecular weight excluding hydrogens is 715 g/mol. The van der Waals surface area contributed by atoms with Crippen molar-refractivity contribution < 1.29 is 4.42 Å². The Morgan fingerprint density at radius 2 is 0.797 bits per heavy atom. The second-order valence-corrected chi connectivity index (χ2v) is 16.1. The first-order valence-corrected chi connectivity index (χ1v) is 20.4. The molecule has 1 aliphatic rings. The summed E-state index contributed by atoms with van der Waals surface area (Å²) in [5.41, 5.74) is 19.7. The second-order valence-electron chi connectivity index (χ2n) is 16.1. The standard InChI is InChI=1S/C57H41NO/c1-57(2)50-21-13-12-20-48(50)55-51(57)37-53-56(49-35-28-44(36-52(49)59-53)40-18-10-5-11-19-40)54(55)43-26-33-47(34-27-43)58(45-29-22-41(23-30-45)38-14-6-3-7-15-38)46-31-24-42(25-32-46)39-16-8-4-9-17-39/h3-37H,1-2H3. The largest absolute Gasteiger partial charge is 0.456 e. The van der Waals surface area contributed by atoms with E-state index in [2.05, 4.69) is 231 Å². The van der Waals surface area contributed by atoms with Crippen molar-refractivity contribution in [3.63, 3.8) is 0 Å². The van der Waals surface area contributed by atoms with Gasteiger partial charge in [0.05, 0.1) is 0 Å². The number of fused-ring (bicyclic) bond motifs is 6. The van der Waals surface area contributed by atoms with Gasteiger partial charge < -0.3 is 9.32 Å². The van der Waals surface area contributed by atoms with Crippen LogP contribution in [-0.4, -0.2) is 0 Å². The summed E-state index contributed by atoms with van der Waals surface area (Å²) in [4.78, 5) is 2.36. The van der Waals surface area contributed by atoms with Crippen molar-refractivity contribution in [3.8, 4) is 55.6 Å². The van der Waals surface area contributed by atoms with E-state index in [4.69, 9.17) is 4.42 Å². The molecule has 0 saturated carbocycles. The van der Waals surface area contributed by atoms with Gasteiger partial charge in [0.25, 0.3) is 0 Å². The van der Waals surface area contributed by atoms with Gasteiger partial charge in [0, 0.05) is 38.8 Å². The molecule has 0 bridgehead atoms. The summed E-state index contributed by atoms with van der Waals surface area (Å²) >= 11 is 0. The molecule has 0 spiro atoms. The third-order valence-corrected chi connectivity index (χ3v) is 12.3. The number of rotatable bonds is 7. The molecular formula is C57H41NO. The Bertz CT molecular complexity index is 3040. The van der Waals surface area contributed by atoms with E-state index < -0.39 is 0 Å². The summed E-state index contributed by atoms with van der Waals surface area (Å²) in [7, 11) is 0. The van der Waals surface area contributed by atoms with E-state index in [9.17, 15) is 0 Å². The van der Waals surface area contributed by atoms with E-state index in [1.807, 2.05) is 0 Å². The van der Waals surface area contributed by atoms with E-state index in [0.29, 0.717) is 0 Å². The molecule has 59 heavy (non-hydrogen) atoms. The zero-order valence-electron chi connectivity index (χ0n) is 33.1. The van der Waals surface area contributed by atoms with Crippen LogP contribution in [0.2, 0.25) is 0 Å². The fraction of sp³-hybridized carbons (Fsp3) is 0.0526. The van der Waals surface area contributed by atoms with Crippen LogP contribution < -0.4 is 4.90 Å². The Labute approximate surface area is 345 Å². The topological polar surface area (TPSA) is 16.4 Å². The number of nitrogens with zero attached hydrogens (tertiary/aromatic N) is 1. The average Bonchev–Trinajstić information content (AvgIpc) is 3.78. The van der Waals surface area contributed by atoms with Crippen LogP contribution >= 0.6 is 0 Å². The van der Waals surface area contributed by atoms with E-state index in [0.717, 1.165) is 50.1 Å². The van der Waals surface area contributed by atoms with Gasteiger partial charge in [0.15, 0.2) is 0 Å². The molecule has 11 rings (SSSR count). The summed E-state index contributed by atoms with van der Waals surface area (Å²) in [6.45, 7) is 4.69. The van der Waals surface area contributed by atoms with E-state index in [-0.39, 0.29) is 5.41 Å². The Morgan fingerprint density at radius 3 is 1.34 bits per heavy atom. The molecule has 2 nitrogen and oxygen atoms in total. The molecule has 0 atom stereocenters. The molecule has 0 saturated heterocycles. The van der Waals surface area contributed by atoms with Gasteiger partial charge in [0.1, 0.15) is 11.2 Å². The van der Waals surface area contributed by atoms with E-state index in [1.54, 1.807) is 0 Å². The lowest BCUT2D eigenvalue weighted by Gasteiger charge is -2.26. The lowest BCUT2D eigenvalue weighted by Crippen LogP contribution is -2.14. The SMILES string of the molecule is CC1(C)c2ccccc2-c2c1cc1oc3cc(-c4ccccc4)ccc3c1c2-c1ccc(N(c2ccc(-c3ccccc3)cc2)c2ccc(-c3ccccc3)cc2)cc1. The Morgan fingerprint density at radius 1 is 0.356 bits per heavy atom. The zero-order valence-corrected chi connectivity index (χ0v) is 33.1. The smallest absolute Gasteiger partial charge is 0.136 e. The third kappa shape index (κ3) is 5.87. The predicted octanol–water partition coefficient (Wildman–Crippen LogP) is 16.0. The quantitative estimate of drug-likeness (QED) is 0.161. The highest BCUT2D eigenvalue weighted by molar-refractivity contribution is 6.18. The van der Waals surface area contributed by atoms with Crippen molar-refractivity contribution in [1.82, 2.24) is 0 Å². The number of furan rings is 1. The summed E-state index contributed by atoms with van der Waals surface area (Å²) in [6.07, 6.45) is 0. The molecule has 10 aromatic rings. The van der Waals surface area contributed by atoms with Gasteiger partial charge in [-0.1, -0.05) is 172 Å². The fourth-order valence-electron chi connectivity index (χ4n) is 9.29. The van der Waals surface area contributed by atoms with Gasteiger partial charge in [0.2, 0.25) is 0 Å². The minimum absolute atomic E-state index is 0.183. The van der Waals surface area contributed by atoms with Gasteiger partial charge in [-0.2, -0.15) is 0 Å². The first kappa shape index (κ1) is 34.8. The van der Waals surface area contributed by atoms with Crippen LogP contribution in [-0.2, 0) is 5.41 Å². The first-order chi connectivity index (χ1) is 29.0. The average molecular weight is 756 g/mol. The molecule has 0 unspecified atom stereocenters. The molecule has 1 aromatic heterocycles. The van der Waals surface area contributed by atoms with Crippen LogP contribution in [0, 0.1) is 0 Å². The Hall–Kier alpha value is -7.42. The Kier molecular flexibility index (Phi) is 8.20. The normalized spacial score (nSPS) is 12.7. The summed E-state index contributed by atoms with van der Waals surface area (Å²) in [6, 6.07) is 76.6. The molecule has 9 aromatic carbocycles. The maximum Gasteiger partial charge on any atom is 0.136 e. The van der Waals surface area contributed by atoms with E-state index in [1.165, 1.54) is 55.6 Å². The highest BCUT2D eigenvalue weighted by atomic mass is 16.3. The maximum absolute atomic E-state index is 6.85. The molecule has 0 radical (unpaired) electrons. The third-order valence-electron chi connectivity index (χ3n) is 12.3. The van der Waals surface area contributed by atoms with Gasteiger partial charge in [-0.15, -0.1) is 0 Å². The number of anilines is 3. The highest BCUT2D eigenvalue weighted by Crippen LogP contribution is 2.56. The van der Waals surface area contributed by atoms with Crippen LogP contribution in [0.1, 0.15) is 25.0 Å². The fourth-order valence-corrected chi connectivity index (χ4v) is 9.29. The molecule has 0 fully saturated rings. The van der Waals surface area contributed by atoms with Crippen molar-refractivity contribution >= 4 is 39.0 Å². The van der Waals surface area contributed by atoms with Crippen LogP contribution in [0.3, 0.4) is 0 Å². The van der Waals surface area contributed by atoms with Crippen LogP contribution in [0.15, 0.2) is 217 Å². The monoisotopic (exact) mass is 755 g/mol. The molecule has 280 valence electrons. The number of hydrogen-bond donors (Lipinski definition) is 0. The van der Waals surface area contributed by atoms with Gasteiger partial charge in [-0.05, 0) is 116 Å². The molecule has 1 aliphatic carbocycles. The van der Waals surface area contributed by atoms with Gasteiger partial charge in [-0.25, -0.2) is 0 Å². The lowest BCUT2D eigenvalue weighted by molar-refractivity contribution is 0.647. The van der Waals surface area contributed by atoms with Crippen molar-refractivity contribution in [2.45, 2.75) is 19.3 Å². The van der Waals surface area contributed by atoms with Gasteiger partial charge in [-0.3, -0.25) is 0 Å². The summed E-state index contributed by atoms with van der Waals surface area (Å²) in [5, 5.41) is 2.28. The highest BCUT2D eigenvalue weighted by Gasteiger charge is 2.38. The lowest BCUT2D eigenvalue weighted by atomic mass is 9.81. The summed E-state index contributed by atoms with van der Waals surface area (Å²) in [5.74, 6) is 0. The van der Waals surface area contributed by atoms with Crippen molar-refractivity contribution in [1.29, 1.82) is 0 Å². The van der Waals surface area contributed by atoms with Crippen molar-refractivity contribution in [2.75, 3.05) is 4.90 Å². The predicted molar refractivity (Wildman–Crippen MR) is 248 cm³/mol.